The molecule has 0 atom stereocenters. The number of anilines is 2. The van der Waals surface area contributed by atoms with Crippen LogP contribution in [0.1, 0.15) is 29.6 Å². The predicted molar refractivity (Wildman–Crippen MR) is 109 cm³/mol. The molecule has 0 saturated carbocycles. The summed E-state index contributed by atoms with van der Waals surface area (Å²) in [4.78, 5) is 15.0. The van der Waals surface area contributed by atoms with Gasteiger partial charge in [-0.1, -0.05) is 12.1 Å². The zero-order valence-corrected chi connectivity index (χ0v) is 16.2. The molecule has 1 aliphatic rings. The van der Waals surface area contributed by atoms with Gasteiger partial charge in [0.05, 0.1) is 0 Å². The van der Waals surface area contributed by atoms with Gasteiger partial charge in [0.1, 0.15) is 23.0 Å². The number of aryl methyl sites for hydroxylation is 1. The van der Waals surface area contributed by atoms with Crippen molar-refractivity contribution < 1.29 is 13.6 Å². The first kappa shape index (κ1) is 19.1. The van der Waals surface area contributed by atoms with Gasteiger partial charge in [-0.3, -0.25) is 9.48 Å². The van der Waals surface area contributed by atoms with E-state index in [9.17, 15) is 13.6 Å². The smallest absolute Gasteiger partial charge is 0.256 e. The van der Waals surface area contributed by atoms with Crippen molar-refractivity contribution in [1.29, 1.82) is 0 Å². The second-order valence-corrected chi connectivity index (χ2v) is 7.19. The highest BCUT2D eigenvalue weighted by Crippen LogP contribution is 2.38. The third-order valence-corrected chi connectivity index (χ3v) is 5.13. The van der Waals surface area contributed by atoms with Gasteiger partial charge in [0.2, 0.25) is 0 Å². The molecule has 2 aromatic carbocycles. The van der Waals surface area contributed by atoms with E-state index >= 15 is 0 Å². The van der Waals surface area contributed by atoms with E-state index in [1.165, 1.54) is 36.4 Å². The second-order valence-electron chi connectivity index (χ2n) is 7.19. The molecule has 1 aliphatic heterocycles. The van der Waals surface area contributed by atoms with E-state index in [1.54, 1.807) is 17.8 Å². The van der Waals surface area contributed by atoms with Crippen LogP contribution in [-0.2, 0) is 7.05 Å². The lowest BCUT2D eigenvalue weighted by atomic mass is 10.1. The van der Waals surface area contributed by atoms with Crippen LogP contribution in [0.2, 0.25) is 0 Å². The van der Waals surface area contributed by atoms with E-state index in [0.29, 0.717) is 22.6 Å². The van der Waals surface area contributed by atoms with Crippen LogP contribution < -0.4 is 10.2 Å². The van der Waals surface area contributed by atoms with Gasteiger partial charge < -0.3 is 10.2 Å². The molecule has 0 radical (unpaired) electrons. The minimum Gasteiger partial charge on any atom is -0.367 e. The number of halogens is 2. The van der Waals surface area contributed by atoms with Gasteiger partial charge in [0.25, 0.3) is 5.91 Å². The number of carbonyl (C=O) groups excluding carboxylic acids is 1. The first-order chi connectivity index (χ1) is 14.0. The zero-order valence-electron chi connectivity index (χ0n) is 16.2. The van der Waals surface area contributed by atoms with Crippen LogP contribution in [0.5, 0.6) is 0 Å². The van der Waals surface area contributed by atoms with Gasteiger partial charge in [-0.25, -0.2) is 8.78 Å². The Morgan fingerprint density at radius 1 is 1.00 bits per heavy atom. The molecule has 3 aromatic rings. The molecule has 7 heteroatoms. The van der Waals surface area contributed by atoms with Crippen molar-refractivity contribution in [3.8, 4) is 11.3 Å². The summed E-state index contributed by atoms with van der Waals surface area (Å²) in [7, 11) is 1.75. The van der Waals surface area contributed by atoms with Crippen molar-refractivity contribution >= 4 is 17.4 Å². The standard InChI is InChI=1S/C22H22F2N4O/c1-27-21(25-22(29)15-8-10-17(23)11-9-15)20(28-12-3-2-4-13-28)19(26-27)16-6-5-7-18(24)14-16/h5-11,14H,2-4,12-13H2,1H3,(H,25,29). The number of rotatable bonds is 4. The van der Waals surface area contributed by atoms with Gasteiger partial charge in [0.15, 0.2) is 5.82 Å². The third-order valence-electron chi connectivity index (χ3n) is 5.13. The number of amides is 1. The van der Waals surface area contributed by atoms with Gasteiger partial charge in [-0.2, -0.15) is 5.10 Å². The molecule has 0 unspecified atom stereocenters. The average molecular weight is 396 g/mol. The number of nitrogens with zero attached hydrogens (tertiary/aromatic N) is 3. The molecule has 1 amide bonds. The van der Waals surface area contributed by atoms with Crippen molar-refractivity contribution in [2.75, 3.05) is 23.3 Å². The number of carbonyl (C=O) groups is 1. The van der Waals surface area contributed by atoms with Gasteiger partial charge in [-0.15, -0.1) is 0 Å². The van der Waals surface area contributed by atoms with Crippen LogP contribution in [0.25, 0.3) is 11.3 Å². The van der Waals surface area contributed by atoms with E-state index < -0.39 is 5.82 Å². The molecule has 0 aliphatic carbocycles. The van der Waals surface area contributed by atoms with E-state index in [2.05, 4.69) is 15.3 Å². The molecular weight excluding hydrogens is 374 g/mol. The highest BCUT2D eigenvalue weighted by molar-refractivity contribution is 6.06. The van der Waals surface area contributed by atoms with Gasteiger partial charge in [-0.05, 0) is 55.7 Å². The Balaban J connectivity index is 1.76. The lowest BCUT2D eigenvalue weighted by Gasteiger charge is -2.29. The molecule has 29 heavy (non-hydrogen) atoms. The molecule has 4 rings (SSSR count). The maximum Gasteiger partial charge on any atom is 0.256 e. The second kappa shape index (κ2) is 8.03. The van der Waals surface area contributed by atoms with Crippen LogP contribution in [0, 0.1) is 11.6 Å². The third kappa shape index (κ3) is 3.99. The Labute approximate surface area is 168 Å². The number of nitrogens with one attached hydrogen (secondary N) is 1. The highest BCUT2D eigenvalue weighted by atomic mass is 19.1. The summed E-state index contributed by atoms with van der Waals surface area (Å²) in [6, 6.07) is 11.7. The van der Waals surface area contributed by atoms with Crippen molar-refractivity contribution in [3.05, 3.63) is 65.7 Å². The minimum absolute atomic E-state index is 0.338. The monoisotopic (exact) mass is 396 g/mol. The molecular formula is C22H22F2N4O. The first-order valence-corrected chi connectivity index (χ1v) is 9.68. The Kier molecular flexibility index (Phi) is 5.29. The summed E-state index contributed by atoms with van der Waals surface area (Å²) < 4.78 is 28.6. The summed E-state index contributed by atoms with van der Waals surface area (Å²) in [6.07, 6.45) is 3.25. The predicted octanol–water partition coefficient (Wildman–Crippen LogP) is 4.61. The minimum atomic E-state index is -0.399. The highest BCUT2D eigenvalue weighted by Gasteiger charge is 2.26. The molecule has 1 fully saturated rings. The Bertz CT molecular complexity index is 1020. The van der Waals surface area contributed by atoms with Crippen LogP contribution in [-0.4, -0.2) is 28.8 Å². The first-order valence-electron chi connectivity index (χ1n) is 9.68. The average Bonchev–Trinajstić information content (AvgIpc) is 3.05. The molecule has 0 spiro atoms. The number of aromatic nitrogens is 2. The van der Waals surface area contributed by atoms with Gasteiger partial charge >= 0.3 is 0 Å². The quantitative estimate of drug-likeness (QED) is 0.701. The molecule has 0 bridgehead atoms. The van der Waals surface area contributed by atoms with Crippen LogP contribution >= 0.6 is 0 Å². The number of piperidine rings is 1. The summed E-state index contributed by atoms with van der Waals surface area (Å²) in [5.41, 5.74) is 2.42. The molecule has 1 saturated heterocycles. The van der Waals surface area contributed by atoms with Crippen molar-refractivity contribution in [2.24, 2.45) is 7.05 Å². The van der Waals surface area contributed by atoms with E-state index in [4.69, 9.17) is 0 Å². The van der Waals surface area contributed by atoms with Crippen molar-refractivity contribution in [1.82, 2.24) is 9.78 Å². The number of benzene rings is 2. The van der Waals surface area contributed by atoms with Crippen molar-refractivity contribution in [2.45, 2.75) is 19.3 Å². The maximum absolute atomic E-state index is 13.8. The largest absolute Gasteiger partial charge is 0.367 e. The van der Waals surface area contributed by atoms with Crippen LogP contribution in [0.4, 0.5) is 20.3 Å². The molecule has 150 valence electrons. The topological polar surface area (TPSA) is 50.2 Å². The van der Waals surface area contributed by atoms with Crippen molar-refractivity contribution in [3.63, 3.8) is 0 Å². The maximum atomic E-state index is 13.8. The summed E-state index contributed by atoms with van der Waals surface area (Å²) in [5, 5.41) is 7.51. The summed E-state index contributed by atoms with van der Waals surface area (Å²) >= 11 is 0. The lowest BCUT2D eigenvalue weighted by Crippen LogP contribution is -2.30. The molecule has 5 nitrogen and oxygen atoms in total. The number of hydrogen-bond acceptors (Lipinski definition) is 3. The fraction of sp³-hybridized carbons (Fsp3) is 0.273. The SMILES string of the molecule is Cn1nc(-c2cccc(F)c2)c(N2CCCCC2)c1NC(=O)c1ccc(F)cc1. The molecule has 2 heterocycles. The zero-order chi connectivity index (χ0) is 20.4. The van der Waals surface area contributed by atoms with Crippen LogP contribution in [0.15, 0.2) is 48.5 Å². The normalized spacial score (nSPS) is 14.1. The summed E-state index contributed by atoms with van der Waals surface area (Å²) in [6.45, 7) is 1.68. The molecule has 1 aromatic heterocycles. The summed E-state index contributed by atoms with van der Waals surface area (Å²) in [5.74, 6) is -0.545. The lowest BCUT2D eigenvalue weighted by molar-refractivity contribution is 0.102. The Morgan fingerprint density at radius 3 is 2.41 bits per heavy atom. The van der Waals surface area contributed by atoms with E-state index in [1.807, 2.05) is 6.07 Å². The number of hydrogen-bond donors (Lipinski definition) is 1. The van der Waals surface area contributed by atoms with E-state index in [-0.39, 0.29) is 11.7 Å². The Morgan fingerprint density at radius 2 is 1.72 bits per heavy atom. The fourth-order valence-corrected chi connectivity index (χ4v) is 3.68. The van der Waals surface area contributed by atoms with Gasteiger partial charge in [0, 0.05) is 31.3 Å². The fourth-order valence-electron chi connectivity index (χ4n) is 3.68. The van der Waals surface area contributed by atoms with E-state index in [0.717, 1.165) is 38.0 Å². The Hall–Kier alpha value is -3.22. The van der Waals surface area contributed by atoms with Crippen LogP contribution in [0.3, 0.4) is 0 Å². The molecule has 1 N–H and O–H groups in total.